The molecule has 4 aromatic carbocycles. The molecule has 2 saturated heterocycles. The van der Waals surface area contributed by atoms with Gasteiger partial charge in [-0.2, -0.15) is 0 Å². The molecule has 0 spiro atoms. The predicted molar refractivity (Wildman–Crippen MR) is 187 cm³/mol. The Bertz CT molecular complexity index is 1620. The van der Waals surface area contributed by atoms with Gasteiger partial charge in [0.2, 0.25) is 0 Å². The summed E-state index contributed by atoms with van der Waals surface area (Å²) in [6.45, 7) is 1.68. The summed E-state index contributed by atoms with van der Waals surface area (Å²) in [6, 6.07) is 27.6. The van der Waals surface area contributed by atoms with E-state index in [0.717, 1.165) is 11.1 Å². The molecule has 10 nitrogen and oxygen atoms in total. The molecule has 2 heterocycles. The van der Waals surface area contributed by atoms with E-state index in [2.05, 4.69) is 0 Å². The number of benzene rings is 4. The van der Waals surface area contributed by atoms with Gasteiger partial charge in [0.1, 0.15) is 24.8 Å². The van der Waals surface area contributed by atoms with E-state index in [1.807, 2.05) is 60.7 Å². The van der Waals surface area contributed by atoms with Gasteiger partial charge in [0.05, 0.1) is 11.4 Å². The molecule has 0 bridgehead atoms. The first-order valence-corrected chi connectivity index (χ1v) is 16.4. The third kappa shape index (κ3) is 9.07. The first kappa shape index (κ1) is 36.1. The Labute approximate surface area is 289 Å². The molecule has 6 rings (SSSR count). The number of aliphatic hydroxyl groups is 2. The van der Waals surface area contributed by atoms with Crippen molar-refractivity contribution in [3.05, 3.63) is 120 Å². The minimum Gasteiger partial charge on any atom is -0.459 e. The smallest absolute Gasteiger partial charge is 0.338 e. The summed E-state index contributed by atoms with van der Waals surface area (Å²) in [7, 11) is 0. The Kier molecular flexibility index (Phi) is 11.6. The quantitative estimate of drug-likeness (QED) is 0.148. The molecular formula is C38H42F2N4O6. The first-order valence-electron chi connectivity index (χ1n) is 16.4. The van der Waals surface area contributed by atoms with Crippen molar-refractivity contribution in [2.24, 2.45) is 0 Å². The van der Waals surface area contributed by atoms with Crippen molar-refractivity contribution in [3.63, 3.8) is 0 Å². The Hall–Kier alpha value is -5.20. The van der Waals surface area contributed by atoms with Crippen molar-refractivity contribution in [2.75, 3.05) is 47.4 Å². The number of nitrogens with two attached hydrogens (primary N) is 2. The van der Waals surface area contributed by atoms with Crippen molar-refractivity contribution in [1.82, 2.24) is 0 Å². The van der Waals surface area contributed by atoms with Crippen LogP contribution in [0.25, 0.3) is 0 Å². The summed E-state index contributed by atoms with van der Waals surface area (Å²) >= 11 is 0. The van der Waals surface area contributed by atoms with Gasteiger partial charge >= 0.3 is 11.9 Å². The molecule has 2 aliphatic heterocycles. The lowest BCUT2D eigenvalue weighted by Gasteiger charge is -2.37. The minimum absolute atomic E-state index is 0.123. The number of rotatable bonds is 8. The third-order valence-corrected chi connectivity index (χ3v) is 8.99. The number of anilines is 4. The maximum absolute atomic E-state index is 14.0. The second kappa shape index (κ2) is 16.0. The van der Waals surface area contributed by atoms with Gasteiger partial charge in [-0.3, -0.25) is 0 Å². The number of hydrogen-bond acceptors (Lipinski definition) is 10. The van der Waals surface area contributed by atoms with Crippen LogP contribution in [-0.4, -0.2) is 59.5 Å². The van der Waals surface area contributed by atoms with E-state index in [1.165, 1.54) is 12.1 Å². The second-order valence-electron chi connectivity index (χ2n) is 12.6. The van der Waals surface area contributed by atoms with Gasteiger partial charge in [0.25, 0.3) is 0 Å². The van der Waals surface area contributed by atoms with E-state index in [0.29, 0.717) is 48.9 Å². The average Bonchev–Trinajstić information content (AvgIpc) is 3.12. The number of halogens is 2. The van der Waals surface area contributed by atoms with E-state index in [1.54, 1.807) is 34.1 Å². The van der Waals surface area contributed by atoms with Crippen molar-refractivity contribution < 1.29 is 38.1 Å². The number of ether oxygens (including phenoxy) is 2. The van der Waals surface area contributed by atoms with E-state index in [-0.39, 0.29) is 38.9 Å². The van der Waals surface area contributed by atoms with E-state index in [4.69, 9.17) is 20.9 Å². The van der Waals surface area contributed by atoms with E-state index in [9.17, 15) is 28.6 Å². The number of nitrogen functional groups attached to an aromatic ring is 2. The van der Waals surface area contributed by atoms with Gasteiger partial charge in [0, 0.05) is 63.2 Å². The number of esters is 2. The number of carbonyl (C=O) groups excluding carboxylic acids is 2. The molecule has 264 valence electrons. The highest BCUT2D eigenvalue weighted by Crippen LogP contribution is 2.31. The Balaban J connectivity index is 0.000000194. The van der Waals surface area contributed by atoms with Crippen LogP contribution >= 0.6 is 0 Å². The van der Waals surface area contributed by atoms with Crippen LogP contribution in [0, 0.1) is 11.6 Å². The van der Waals surface area contributed by atoms with Crippen LogP contribution in [0.15, 0.2) is 97.1 Å². The topological polar surface area (TPSA) is 152 Å². The lowest BCUT2D eigenvalue weighted by atomic mass is 9.91. The van der Waals surface area contributed by atoms with Crippen LogP contribution in [-0.2, 0) is 32.3 Å². The Morgan fingerprint density at radius 2 is 0.940 bits per heavy atom. The molecule has 2 aliphatic rings. The Morgan fingerprint density at radius 1 is 0.600 bits per heavy atom. The van der Waals surface area contributed by atoms with Gasteiger partial charge < -0.3 is 41.0 Å². The molecular weight excluding hydrogens is 646 g/mol. The lowest BCUT2D eigenvalue weighted by molar-refractivity contribution is -0.169. The fourth-order valence-electron chi connectivity index (χ4n) is 5.92. The molecule has 50 heavy (non-hydrogen) atoms. The van der Waals surface area contributed by atoms with Gasteiger partial charge in [-0.15, -0.1) is 0 Å². The van der Waals surface area contributed by atoms with Crippen molar-refractivity contribution >= 4 is 34.7 Å². The fourth-order valence-corrected chi connectivity index (χ4v) is 5.92. The Morgan fingerprint density at radius 3 is 1.26 bits per heavy atom. The molecule has 0 aliphatic carbocycles. The molecule has 0 radical (unpaired) electrons. The SMILES string of the molecule is Nc1ccc(N2CCC(O)(C(=O)OCc3ccccc3)CC2)c(F)c1.Nc1ccc(N2CCC(O)(C(=O)OCc3ccccc3)CC2)c(F)c1. The first-order chi connectivity index (χ1) is 24.0. The van der Waals surface area contributed by atoms with Gasteiger partial charge in [-0.05, 0) is 47.5 Å². The van der Waals surface area contributed by atoms with Crippen molar-refractivity contribution in [1.29, 1.82) is 0 Å². The zero-order valence-electron chi connectivity index (χ0n) is 27.6. The predicted octanol–water partition coefficient (Wildman–Crippen LogP) is 4.97. The second-order valence-corrected chi connectivity index (χ2v) is 12.6. The summed E-state index contributed by atoms with van der Waals surface area (Å²) in [6.07, 6.45) is 0.740. The maximum Gasteiger partial charge on any atom is 0.338 e. The van der Waals surface area contributed by atoms with Gasteiger partial charge in [0.15, 0.2) is 11.2 Å². The van der Waals surface area contributed by atoms with Crippen molar-refractivity contribution in [3.8, 4) is 0 Å². The average molecular weight is 689 g/mol. The number of piperidine rings is 2. The lowest BCUT2D eigenvalue weighted by Crippen LogP contribution is -2.50. The summed E-state index contributed by atoms with van der Waals surface area (Å²) < 4.78 is 38.5. The molecule has 0 aromatic heterocycles. The molecule has 12 heteroatoms. The van der Waals surface area contributed by atoms with Crippen LogP contribution in [0.1, 0.15) is 36.8 Å². The monoisotopic (exact) mass is 688 g/mol. The highest BCUT2D eigenvalue weighted by molar-refractivity contribution is 5.80. The molecule has 0 atom stereocenters. The van der Waals surface area contributed by atoms with Crippen LogP contribution in [0.3, 0.4) is 0 Å². The molecule has 0 saturated carbocycles. The largest absolute Gasteiger partial charge is 0.459 e. The fraction of sp³-hybridized carbons (Fsp3) is 0.316. The number of carbonyl (C=O) groups is 2. The molecule has 4 aromatic rings. The van der Waals surface area contributed by atoms with Crippen LogP contribution in [0.4, 0.5) is 31.5 Å². The maximum atomic E-state index is 14.0. The third-order valence-electron chi connectivity index (χ3n) is 8.99. The summed E-state index contributed by atoms with van der Waals surface area (Å²) in [5.74, 6) is -2.07. The zero-order valence-corrected chi connectivity index (χ0v) is 27.6. The molecule has 0 unspecified atom stereocenters. The highest BCUT2D eigenvalue weighted by atomic mass is 19.1. The highest BCUT2D eigenvalue weighted by Gasteiger charge is 2.42. The van der Waals surface area contributed by atoms with Crippen LogP contribution < -0.4 is 21.3 Å². The normalized spacial score (nSPS) is 16.5. The van der Waals surface area contributed by atoms with Crippen molar-refractivity contribution in [2.45, 2.75) is 50.1 Å². The number of nitrogens with zero attached hydrogens (tertiary/aromatic N) is 2. The van der Waals surface area contributed by atoms with Gasteiger partial charge in [-0.25, -0.2) is 18.4 Å². The van der Waals surface area contributed by atoms with E-state index < -0.39 is 34.8 Å². The molecule has 2 fully saturated rings. The standard InChI is InChI=1S/2C19H21FN2O3/c2*20-16-12-15(21)6-7-17(16)22-10-8-19(24,9-11-22)18(23)25-13-14-4-2-1-3-5-14/h2*1-7,12,24H,8-11,13,21H2. The van der Waals surface area contributed by atoms with E-state index >= 15 is 0 Å². The summed E-state index contributed by atoms with van der Waals surface area (Å²) in [4.78, 5) is 28.1. The van der Waals surface area contributed by atoms with Gasteiger partial charge in [-0.1, -0.05) is 60.7 Å². The minimum atomic E-state index is -1.53. The summed E-state index contributed by atoms with van der Waals surface area (Å²) in [5.41, 5.74) is 11.4. The zero-order chi connectivity index (χ0) is 35.7. The summed E-state index contributed by atoms with van der Waals surface area (Å²) in [5, 5.41) is 21.2. The molecule has 6 N–H and O–H groups in total. The number of hydrogen-bond donors (Lipinski definition) is 4. The molecule has 0 amide bonds. The van der Waals surface area contributed by atoms with Crippen LogP contribution in [0.5, 0.6) is 0 Å². The van der Waals surface area contributed by atoms with Crippen LogP contribution in [0.2, 0.25) is 0 Å².